The second-order valence-electron chi connectivity index (χ2n) is 7.91. The molecule has 1 aliphatic carbocycles. The van der Waals surface area contributed by atoms with Crippen LogP contribution in [0.3, 0.4) is 0 Å². The number of anilines is 1. The smallest absolute Gasteiger partial charge is 0.262 e. The summed E-state index contributed by atoms with van der Waals surface area (Å²) >= 11 is 5.50. The predicted octanol–water partition coefficient (Wildman–Crippen LogP) is 5.43. The summed E-state index contributed by atoms with van der Waals surface area (Å²) in [5.41, 5.74) is 4.05. The summed E-state index contributed by atoms with van der Waals surface area (Å²) in [5, 5.41) is 3.48. The van der Waals surface area contributed by atoms with Gasteiger partial charge in [-0.3, -0.25) is 14.2 Å². The molecule has 1 fully saturated rings. The van der Waals surface area contributed by atoms with Crippen molar-refractivity contribution < 1.29 is 4.79 Å². The average molecular weight is 408 g/mol. The van der Waals surface area contributed by atoms with Crippen LogP contribution in [0.5, 0.6) is 0 Å². The molecular weight excluding hydrogens is 382 g/mol. The van der Waals surface area contributed by atoms with E-state index >= 15 is 0 Å². The summed E-state index contributed by atoms with van der Waals surface area (Å²) < 4.78 is 2.16. The van der Waals surface area contributed by atoms with Crippen LogP contribution in [-0.2, 0) is 0 Å². The van der Waals surface area contributed by atoms with Crippen molar-refractivity contribution in [1.82, 2.24) is 9.55 Å². The Kier molecular flexibility index (Phi) is 5.37. The molecule has 5 nitrogen and oxygen atoms in total. The molecule has 0 unspecified atom stereocenters. The first-order valence-corrected chi connectivity index (χ1v) is 10.5. The summed E-state index contributed by atoms with van der Waals surface area (Å²) in [6.45, 7) is 4.05. The molecule has 1 aromatic heterocycles. The zero-order valence-electron chi connectivity index (χ0n) is 16.7. The third-order valence-electron chi connectivity index (χ3n) is 5.90. The number of nitrogens with one attached hydrogen (secondary N) is 2. The van der Waals surface area contributed by atoms with Gasteiger partial charge in [0.2, 0.25) is 0 Å². The molecule has 29 heavy (non-hydrogen) atoms. The Morgan fingerprint density at radius 1 is 1.07 bits per heavy atom. The van der Waals surface area contributed by atoms with E-state index in [1.165, 1.54) is 12.0 Å². The molecule has 0 bridgehead atoms. The lowest BCUT2D eigenvalue weighted by molar-refractivity contribution is 0.102. The second kappa shape index (κ2) is 7.95. The lowest BCUT2D eigenvalue weighted by Gasteiger charge is -2.24. The van der Waals surface area contributed by atoms with Gasteiger partial charge in [0.25, 0.3) is 11.5 Å². The van der Waals surface area contributed by atoms with Gasteiger partial charge in [0.05, 0.1) is 10.9 Å². The van der Waals surface area contributed by atoms with E-state index in [2.05, 4.69) is 10.3 Å². The zero-order chi connectivity index (χ0) is 20.5. The number of hydrogen-bond donors (Lipinski definition) is 2. The molecule has 1 amide bonds. The van der Waals surface area contributed by atoms with Gasteiger partial charge in [-0.1, -0.05) is 25.3 Å². The molecule has 0 saturated heterocycles. The first-order chi connectivity index (χ1) is 13.9. The number of hydrogen-bond acceptors (Lipinski definition) is 3. The van der Waals surface area contributed by atoms with Gasteiger partial charge in [-0.2, -0.15) is 0 Å². The Labute approximate surface area is 174 Å². The average Bonchev–Trinajstić information content (AvgIpc) is 2.71. The number of carbonyl (C=O) groups excluding carboxylic acids is 1. The summed E-state index contributed by atoms with van der Waals surface area (Å²) in [4.78, 5) is 28.9. The number of fused-ring (bicyclic) bond motifs is 1. The molecule has 0 aliphatic heterocycles. The highest BCUT2D eigenvalue weighted by Crippen LogP contribution is 2.27. The van der Waals surface area contributed by atoms with Gasteiger partial charge < -0.3 is 10.3 Å². The number of benzene rings is 2. The Balaban J connectivity index is 1.67. The Morgan fingerprint density at radius 2 is 1.83 bits per heavy atom. The minimum absolute atomic E-state index is 0.0724. The number of aryl methyl sites for hydroxylation is 2. The van der Waals surface area contributed by atoms with Crippen molar-refractivity contribution in [3.05, 3.63) is 68.2 Å². The minimum atomic E-state index is -0.217. The highest BCUT2D eigenvalue weighted by Gasteiger charge is 2.19. The maximum Gasteiger partial charge on any atom is 0.262 e. The molecule has 0 spiro atoms. The van der Waals surface area contributed by atoms with Gasteiger partial charge in [-0.15, -0.1) is 0 Å². The SMILES string of the molecule is Cc1ccc(NC(=O)c2ccc3c(=O)n(C4CCCCC4)c(=S)[nH]c3c2)cc1C. The quantitative estimate of drug-likeness (QED) is 0.569. The molecule has 0 atom stereocenters. The van der Waals surface area contributed by atoms with Crippen molar-refractivity contribution in [1.29, 1.82) is 0 Å². The summed E-state index contributed by atoms with van der Waals surface area (Å²) in [6.07, 6.45) is 5.44. The van der Waals surface area contributed by atoms with Gasteiger partial charge >= 0.3 is 0 Å². The van der Waals surface area contributed by atoms with Crippen molar-refractivity contribution >= 4 is 34.7 Å². The van der Waals surface area contributed by atoms with E-state index in [9.17, 15) is 9.59 Å². The van der Waals surface area contributed by atoms with E-state index in [-0.39, 0.29) is 17.5 Å². The van der Waals surface area contributed by atoms with Crippen LogP contribution in [0.25, 0.3) is 10.9 Å². The standard InChI is InChI=1S/C23H25N3O2S/c1-14-8-10-17(12-15(14)2)24-21(27)16-9-11-19-20(13-16)25-23(29)26(22(19)28)18-6-4-3-5-7-18/h8-13,18H,3-7H2,1-2H3,(H,24,27)(H,25,29). The van der Waals surface area contributed by atoms with Gasteiger partial charge in [0, 0.05) is 17.3 Å². The Bertz CT molecular complexity index is 1200. The van der Waals surface area contributed by atoms with Gasteiger partial charge in [0.15, 0.2) is 4.77 Å². The molecule has 1 aliphatic rings. The summed E-state index contributed by atoms with van der Waals surface area (Å²) in [6, 6.07) is 11.1. The maximum absolute atomic E-state index is 13.1. The molecule has 0 radical (unpaired) electrons. The third-order valence-corrected chi connectivity index (χ3v) is 6.19. The van der Waals surface area contributed by atoms with E-state index in [0.717, 1.165) is 36.9 Å². The van der Waals surface area contributed by atoms with Crippen molar-refractivity contribution in [3.8, 4) is 0 Å². The molecule has 3 aromatic rings. The fourth-order valence-electron chi connectivity index (χ4n) is 4.07. The van der Waals surface area contributed by atoms with E-state index in [1.54, 1.807) is 22.8 Å². The zero-order valence-corrected chi connectivity index (χ0v) is 17.6. The van der Waals surface area contributed by atoms with Crippen LogP contribution in [0.1, 0.15) is 59.6 Å². The number of aromatic amines is 1. The fourth-order valence-corrected chi connectivity index (χ4v) is 4.41. The Morgan fingerprint density at radius 3 is 2.55 bits per heavy atom. The largest absolute Gasteiger partial charge is 0.332 e. The van der Waals surface area contributed by atoms with E-state index in [0.29, 0.717) is 21.2 Å². The first kappa shape index (κ1) is 19.6. The molecule has 6 heteroatoms. The number of aromatic nitrogens is 2. The number of amides is 1. The van der Waals surface area contributed by atoms with Crippen LogP contribution in [0.2, 0.25) is 0 Å². The topological polar surface area (TPSA) is 66.9 Å². The van der Waals surface area contributed by atoms with Crippen LogP contribution in [-0.4, -0.2) is 15.5 Å². The summed E-state index contributed by atoms with van der Waals surface area (Å²) in [7, 11) is 0. The molecule has 4 rings (SSSR count). The molecule has 1 saturated carbocycles. The minimum Gasteiger partial charge on any atom is -0.332 e. The highest BCUT2D eigenvalue weighted by atomic mass is 32.1. The van der Waals surface area contributed by atoms with Crippen LogP contribution in [0.4, 0.5) is 5.69 Å². The van der Waals surface area contributed by atoms with Gasteiger partial charge in [0.1, 0.15) is 0 Å². The third kappa shape index (κ3) is 3.90. The lowest BCUT2D eigenvalue weighted by Crippen LogP contribution is -2.28. The first-order valence-electron chi connectivity index (χ1n) is 10.1. The molecule has 2 N–H and O–H groups in total. The van der Waals surface area contributed by atoms with Gasteiger partial charge in [-0.25, -0.2) is 0 Å². The van der Waals surface area contributed by atoms with Gasteiger partial charge in [-0.05, 0) is 80.4 Å². The summed E-state index contributed by atoms with van der Waals surface area (Å²) in [5.74, 6) is -0.217. The van der Waals surface area contributed by atoms with Crippen LogP contribution < -0.4 is 10.9 Å². The maximum atomic E-state index is 13.1. The lowest BCUT2D eigenvalue weighted by atomic mass is 9.95. The van der Waals surface area contributed by atoms with Crippen LogP contribution in [0.15, 0.2) is 41.2 Å². The molecular formula is C23H25N3O2S. The van der Waals surface area contributed by atoms with Crippen molar-refractivity contribution in [2.45, 2.75) is 52.0 Å². The van der Waals surface area contributed by atoms with Crippen molar-refractivity contribution in [2.75, 3.05) is 5.32 Å². The highest BCUT2D eigenvalue weighted by molar-refractivity contribution is 7.71. The molecule has 1 heterocycles. The van der Waals surface area contributed by atoms with E-state index < -0.39 is 0 Å². The number of H-pyrrole nitrogens is 1. The number of rotatable bonds is 3. The number of carbonyl (C=O) groups is 1. The number of nitrogens with zero attached hydrogens (tertiary/aromatic N) is 1. The molecule has 2 aromatic carbocycles. The van der Waals surface area contributed by atoms with Crippen molar-refractivity contribution in [3.63, 3.8) is 0 Å². The Hall–Kier alpha value is -2.73. The second-order valence-corrected chi connectivity index (χ2v) is 8.30. The van der Waals surface area contributed by atoms with Crippen LogP contribution in [0, 0.1) is 18.6 Å². The van der Waals surface area contributed by atoms with Crippen LogP contribution >= 0.6 is 12.2 Å². The normalized spacial score (nSPS) is 14.8. The molecule has 150 valence electrons. The monoisotopic (exact) mass is 407 g/mol. The van der Waals surface area contributed by atoms with E-state index in [4.69, 9.17) is 12.2 Å². The van der Waals surface area contributed by atoms with E-state index in [1.807, 2.05) is 32.0 Å². The van der Waals surface area contributed by atoms with Crippen molar-refractivity contribution in [2.24, 2.45) is 0 Å². The predicted molar refractivity (Wildman–Crippen MR) is 119 cm³/mol. The fraction of sp³-hybridized carbons (Fsp3) is 0.348.